The highest BCUT2D eigenvalue weighted by Gasteiger charge is 2.38. The Bertz CT molecular complexity index is 586. The number of rotatable bonds is 3. The summed E-state index contributed by atoms with van der Waals surface area (Å²) >= 11 is 5.84. The molecule has 0 radical (unpaired) electrons. The van der Waals surface area contributed by atoms with Crippen LogP contribution in [0.15, 0.2) is 16.2 Å². The van der Waals surface area contributed by atoms with Gasteiger partial charge in [-0.2, -0.15) is 14.4 Å². The van der Waals surface area contributed by atoms with Crippen LogP contribution in [0.5, 0.6) is 0 Å². The highest BCUT2D eigenvalue weighted by Crippen LogP contribution is 2.29. The number of isocyanates is 1. The largest absolute Gasteiger partial charge is 0.263 e. The minimum absolute atomic E-state index is 0.0539. The second-order valence-electron chi connectivity index (χ2n) is 3.88. The van der Waals surface area contributed by atoms with E-state index < -0.39 is 16.2 Å². The summed E-state index contributed by atoms with van der Waals surface area (Å²) in [5.41, 5.74) is 0. The lowest BCUT2D eigenvalue weighted by molar-refractivity contribution is 0.391. The number of hydrogen-bond donors (Lipinski definition) is 0. The number of carbonyl (C=O) groups excluding carboxylic acids is 1. The molecule has 0 N–H and O–H groups in total. The molecule has 98 valence electrons. The third-order valence-corrected chi connectivity index (χ3v) is 5.18. The molecule has 0 saturated carbocycles. The molecule has 0 amide bonds. The first-order valence-electron chi connectivity index (χ1n) is 5.25. The summed E-state index contributed by atoms with van der Waals surface area (Å²) in [7, 11) is -2.31. The zero-order valence-electron chi connectivity index (χ0n) is 9.58. The van der Waals surface area contributed by atoms with Gasteiger partial charge in [-0.05, 0) is 12.8 Å². The Balaban J connectivity index is 2.46. The molecular weight excluding hydrogens is 280 g/mol. The summed E-state index contributed by atoms with van der Waals surface area (Å²) in [4.78, 5) is 13.8. The molecular formula is C9H11ClN4O3S. The van der Waals surface area contributed by atoms with E-state index in [4.69, 9.17) is 11.6 Å². The molecule has 0 spiro atoms. The van der Waals surface area contributed by atoms with Crippen LogP contribution >= 0.6 is 11.6 Å². The van der Waals surface area contributed by atoms with Crippen LogP contribution in [0.4, 0.5) is 0 Å². The molecule has 0 aromatic carbocycles. The summed E-state index contributed by atoms with van der Waals surface area (Å²) in [6, 6.07) is 0. The number of aliphatic imine (C=N–C) groups is 1. The van der Waals surface area contributed by atoms with Gasteiger partial charge in [0.25, 0.3) is 10.0 Å². The maximum absolute atomic E-state index is 12.4. The van der Waals surface area contributed by atoms with Gasteiger partial charge in [0, 0.05) is 13.6 Å². The number of halogens is 1. The molecule has 1 fully saturated rings. The van der Waals surface area contributed by atoms with E-state index in [1.165, 1.54) is 24.0 Å². The van der Waals surface area contributed by atoms with E-state index in [-0.39, 0.29) is 10.0 Å². The van der Waals surface area contributed by atoms with Crippen LogP contribution in [-0.2, 0) is 21.9 Å². The normalized spacial score (nSPS) is 20.9. The fraction of sp³-hybridized carbons (Fsp3) is 0.556. The summed E-state index contributed by atoms with van der Waals surface area (Å²) in [5, 5.41) is 3.76. The summed E-state index contributed by atoms with van der Waals surface area (Å²) < 4.78 is 27.2. The molecule has 9 heteroatoms. The highest BCUT2D eigenvalue weighted by atomic mass is 35.5. The van der Waals surface area contributed by atoms with Gasteiger partial charge in [-0.1, -0.05) is 11.6 Å². The van der Waals surface area contributed by atoms with Crippen molar-refractivity contribution in [3.8, 4) is 0 Å². The molecule has 0 bridgehead atoms. The number of nitrogens with zero attached hydrogens (tertiary/aromatic N) is 4. The van der Waals surface area contributed by atoms with E-state index >= 15 is 0 Å². The average molecular weight is 291 g/mol. The smallest absolute Gasteiger partial charge is 0.255 e. The average Bonchev–Trinajstić information content (AvgIpc) is 2.87. The lowest BCUT2D eigenvalue weighted by Crippen LogP contribution is -2.35. The second kappa shape index (κ2) is 4.81. The summed E-state index contributed by atoms with van der Waals surface area (Å²) in [6.45, 7) is 0.305. The van der Waals surface area contributed by atoms with Gasteiger partial charge >= 0.3 is 0 Å². The Morgan fingerprint density at radius 2 is 2.33 bits per heavy atom. The second-order valence-corrected chi connectivity index (χ2v) is 6.09. The van der Waals surface area contributed by atoms with Crippen molar-refractivity contribution in [2.75, 3.05) is 6.54 Å². The van der Waals surface area contributed by atoms with Gasteiger partial charge in [0.2, 0.25) is 6.08 Å². The first-order valence-corrected chi connectivity index (χ1v) is 7.06. The van der Waals surface area contributed by atoms with Crippen LogP contribution < -0.4 is 0 Å². The zero-order chi connectivity index (χ0) is 13.3. The molecule has 1 aromatic heterocycles. The highest BCUT2D eigenvalue weighted by molar-refractivity contribution is 7.89. The number of aryl methyl sites for hydroxylation is 1. The van der Waals surface area contributed by atoms with Gasteiger partial charge in [0.1, 0.15) is 6.17 Å². The minimum atomic E-state index is -3.80. The lowest BCUT2D eigenvalue weighted by Gasteiger charge is -2.19. The van der Waals surface area contributed by atoms with E-state index in [0.717, 1.165) is 4.31 Å². The quantitative estimate of drug-likeness (QED) is 0.600. The molecule has 2 heterocycles. The summed E-state index contributed by atoms with van der Waals surface area (Å²) in [6.07, 6.45) is 3.12. The van der Waals surface area contributed by atoms with Crippen LogP contribution in [0.3, 0.4) is 0 Å². The maximum atomic E-state index is 12.4. The Kier molecular flexibility index (Phi) is 3.54. The van der Waals surface area contributed by atoms with Gasteiger partial charge in [0.15, 0.2) is 5.03 Å². The number of aromatic nitrogens is 2. The molecule has 1 saturated heterocycles. The van der Waals surface area contributed by atoms with E-state index in [9.17, 15) is 13.2 Å². The molecule has 0 aliphatic carbocycles. The van der Waals surface area contributed by atoms with Gasteiger partial charge in [-0.3, -0.25) is 4.68 Å². The van der Waals surface area contributed by atoms with Crippen molar-refractivity contribution in [1.29, 1.82) is 0 Å². The van der Waals surface area contributed by atoms with Crippen molar-refractivity contribution in [1.82, 2.24) is 14.1 Å². The Morgan fingerprint density at radius 3 is 2.89 bits per heavy atom. The van der Waals surface area contributed by atoms with Crippen molar-refractivity contribution >= 4 is 27.7 Å². The van der Waals surface area contributed by atoms with Gasteiger partial charge in [0.05, 0.1) is 11.2 Å². The minimum Gasteiger partial charge on any atom is -0.255 e. The van der Waals surface area contributed by atoms with Crippen molar-refractivity contribution in [3.63, 3.8) is 0 Å². The van der Waals surface area contributed by atoms with Crippen molar-refractivity contribution in [2.45, 2.75) is 24.0 Å². The molecule has 1 unspecified atom stereocenters. The molecule has 1 aliphatic rings. The Morgan fingerprint density at radius 1 is 1.61 bits per heavy atom. The third kappa shape index (κ3) is 2.08. The van der Waals surface area contributed by atoms with Gasteiger partial charge < -0.3 is 0 Å². The summed E-state index contributed by atoms with van der Waals surface area (Å²) in [5.74, 6) is 0. The van der Waals surface area contributed by atoms with E-state index in [1.54, 1.807) is 0 Å². The molecule has 2 rings (SSSR count). The van der Waals surface area contributed by atoms with Crippen LogP contribution in [-0.4, -0.2) is 41.3 Å². The molecule has 1 aliphatic heterocycles. The fourth-order valence-electron chi connectivity index (χ4n) is 1.99. The fourth-order valence-corrected chi connectivity index (χ4v) is 4.20. The van der Waals surface area contributed by atoms with Gasteiger partial charge in [-0.15, -0.1) is 0 Å². The first kappa shape index (κ1) is 13.2. The van der Waals surface area contributed by atoms with Crippen LogP contribution in [0, 0.1) is 0 Å². The number of sulfonamides is 1. The predicted octanol–water partition coefficient (Wildman–Crippen LogP) is 0.520. The van der Waals surface area contributed by atoms with Gasteiger partial charge in [-0.25, -0.2) is 13.2 Å². The zero-order valence-corrected chi connectivity index (χ0v) is 11.1. The SMILES string of the molecule is Cn1ncc(Cl)c1S(=O)(=O)N1CCCC1N=C=O. The van der Waals surface area contributed by atoms with Crippen LogP contribution in [0.25, 0.3) is 0 Å². The molecule has 1 aromatic rings. The first-order chi connectivity index (χ1) is 8.48. The van der Waals surface area contributed by atoms with Crippen LogP contribution in [0.1, 0.15) is 12.8 Å². The lowest BCUT2D eigenvalue weighted by atomic mass is 10.3. The molecule has 18 heavy (non-hydrogen) atoms. The Labute approximate surface area is 109 Å². The monoisotopic (exact) mass is 290 g/mol. The standard InChI is InChI=1S/C9H11ClN4O3S/c1-13-9(7(10)5-12-13)18(16,17)14-4-2-3-8(14)11-6-15/h5,8H,2-4H2,1H3. The predicted molar refractivity (Wildman–Crippen MR) is 63.3 cm³/mol. The van der Waals surface area contributed by atoms with E-state index in [0.29, 0.717) is 19.4 Å². The van der Waals surface area contributed by atoms with Crippen molar-refractivity contribution < 1.29 is 13.2 Å². The maximum Gasteiger partial charge on any atom is 0.263 e. The van der Waals surface area contributed by atoms with E-state index in [1.807, 2.05) is 0 Å². The molecule has 7 nitrogen and oxygen atoms in total. The molecule has 1 atom stereocenters. The van der Waals surface area contributed by atoms with Crippen LogP contribution in [0.2, 0.25) is 5.02 Å². The van der Waals surface area contributed by atoms with E-state index in [2.05, 4.69) is 10.1 Å². The topological polar surface area (TPSA) is 84.6 Å². The van der Waals surface area contributed by atoms with Crippen molar-refractivity contribution in [3.05, 3.63) is 11.2 Å². The third-order valence-electron chi connectivity index (χ3n) is 2.77. The number of hydrogen-bond acceptors (Lipinski definition) is 5. The van der Waals surface area contributed by atoms with Crippen molar-refractivity contribution in [2.24, 2.45) is 12.0 Å². The Hall–Kier alpha value is -1.21.